The summed E-state index contributed by atoms with van der Waals surface area (Å²) in [7, 11) is 0. The fourth-order valence-electron chi connectivity index (χ4n) is 0.161. The van der Waals surface area contributed by atoms with E-state index in [0.29, 0.717) is 0 Å². The molecule has 0 aromatic carbocycles. The van der Waals surface area contributed by atoms with Crippen molar-refractivity contribution in [1.29, 1.82) is 0 Å². The molecule has 0 aromatic heterocycles. The lowest BCUT2D eigenvalue weighted by atomic mass is 10.5. The number of hydrogen-bond donors (Lipinski definition) is 0. The minimum Gasteiger partial charge on any atom is -0.289 e. The topological polar surface area (TPSA) is 17.1 Å². The minimum atomic E-state index is -3.25. The molecule has 0 N–H and O–H groups in total. The number of hydrogen-bond acceptors (Lipinski definition) is 1. The van der Waals surface area contributed by atoms with E-state index < -0.39 is 9.15 Å². The van der Waals surface area contributed by atoms with E-state index in [1.54, 1.807) is 67.8 Å². The minimum absolute atomic E-state index is 0.831. The van der Waals surface area contributed by atoms with Gasteiger partial charge in [-0.25, -0.2) is 0 Å². The molecule has 60 valence electrons. The van der Waals surface area contributed by atoms with Crippen molar-refractivity contribution in [2.45, 2.75) is 3.36 Å². The van der Waals surface area contributed by atoms with Crippen LogP contribution in [0.25, 0.3) is 0 Å². The summed E-state index contributed by atoms with van der Waals surface area (Å²) in [6, 6.07) is 0. The summed E-state index contributed by atoms with van der Waals surface area (Å²) in [5, 5.41) is 0. The van der Waals surface area contributed by atoms with E-state index in [1.807, 2.05) is 0 Å². The van der Waals surface area contributed by atoms with Gasteiger partial charge in [0.2, 0.25) is 5.78 Å². The highest BCUT2D eigenvalue weighted by atomic mass is 127. The smallest absolute Gasteiger partial charge is 0.289 e. The van der Waals surface area contributed by atoms with Gasteiger partial charge in [0.1, 0.15) is 0 Å². The van der Waals surface area contributed by atoms with E-state index in [1.165, 1.54) is 0 Å². The Hall–Kier alpha value is 2.45. The Morgan fingerprint density at radius 1 is 1.10 bits per heavy atom. The lowest BCUT2D eigenvalue weighted by Crippen LogP contribution is -2.31. The van der Waals surface area contributed by atoms with Crippen molar-refractivity contribution in [1.82, 2.24) is 0 Å². The molecule has 0 radical (unpaired) electrons. The number of ketones is 1. The highest BCUT2D eigenvalue weighted by Gasteiger charge is 2.46. The van der Waals surface area contributed by atoms with Gasteiger partial charge in [-0.15, -0.1) is 0 Å². The molecule has 0 fully saturated rings. The third-order valence-corrected chi connectivity index (χ3v) is 2.47. The van der Waals surface area contributed by atoms with Crippen LogP contribution in [-0.4, -0.2) is 9.15 Å². The molecule has 0 aliphatic rings. The third-order valence-electron chi connectivity index (χ3n) is 0.515. The van der Waals surface area contributed by atoms with Gasteiger partial charge in [-0.3, -0.25) is 4.79 Å². The molecular weight excluding hydrogens is 598 g/mol. The summed E-state index contributed by atoms with van der Waals surface area (Å²) in [6.45, 7) is 0. The largest absolute Gasteiger partial charge is 0.356 e. The lowest BCUT2D eigenvalue weighted by Gasteiger charge is -2.14. The molecule has 0 amide bonds. The lowest BCUT2D eigenvalue weighted by molar-refractivity contribution is -0.128. The van der Waals surface area contributed by atoms with Crippen LogP contribution >= 0.6 is 90.4 Å². The standard InChI is InChI=1S/C3F2I4O/c4-2(5,6)1(10)3(7,8)9. The van der Waals surface area contributed by atoms with E-state index in [9.17, 15) is 13.6 Å². The van der Waals surface area contributed by atoms with Gasteiger partial charge in [-0.05, 0) is 67.8 Å². The van der Waals surface area contributed by atoms with Crippen LogP contribution in [0, 0.1) is 0 Å². The van der Waals surface area contributed by atoms with Gasteiger partial charge in [0.05, 0.1) is 0 Å². The normalized spacial score (nSPS) is 13.4. The molecule has 0 heterocycles. The number of carbonyl (C=O) groups excluding carboxylic acids is 1. The maximum absolute atomic E-state index is 12.2. The average molecular weight is 598 g/mol. The van der Waals surface area contributed by atoms with Crippen LogP contribution in [0.2, 0.25) is 0 Å². The van der Waals surface area contributed by atoms with Crippen molar-refractivity contribution in [3.8, 4) is 0 Å². The first-order valence-corrected chi connectivity index (χ1v) is 6.15. The Bertz CT molecular complexity index is 130. The zero-order valence-corrected chi connectivity index (χ0v) is 12.8. The second kappa shape index (κ2) is 4.11. The van der Waals surface area contributed by atoms with Gasteiger partial charge in [-0.1, -0.05) is 0 Å². The van der Waals surface area contributed by atoms with E-state index in [2.05, 4.69) is 0 Å². The number of alkyl halides is 6. The first-order valence-electron chi connectivity index (χ1n) is 1.84. The zero-order valence-electron chi connectivity index (χ0n) is 4.18. The fourth-order valence-corrected chi connectivity index (χ4v) is 3.13. The predicted octanol–water partition coefficient (Wildman–Crippen LogP) is 3.54. The zero-order chi connectivity index (χ0) is 8.58. The maximum atomic E-state index is 12.2. The second-order valence-corrected chi connectivity index (χ2v) is 13.7. The average Bonchev–Trinajstić information content (AvgIpc) is 1.59. The molecule has 0 aliphatic heterocycles. The van der Waals surface area contributed by atoms with Crippen LogP contribution in [0.5, 0.6) is 0 Å². The van der Waals surface area contributed by atoms with Gasteiger partial charge >= 0.3 is 3.93 Å². The summed E-state index contributed by atoms with van der Waals surface area (Å²) in [4.78, 5) is 10.7. The van der Waals surface area contributed by atoms with Crippen molar-refractivity contribution in [2.75, 3.05) is 0 Å². The van der Waals surface area contributed by atoms with Crippen LogP contribution in [0.3, 0.4) is 0 Å². The van der Waals surface area contributed by atoms with Crippen molar-refractivity contribution < 1.29 is 13.6 Å². The highest BCUT2D eigenvalue weighted by molar-refractivity contribution is 14.3. The number of halogens is 6. The van der Waals surface area contributed by atoms with Crippen LogP contribution < -0.4 is 0 Å². The van der Waals surface area contributed by atoms with E-state index in [-0.39, 0.29) is 0 Å². The summed E-state index contributed by atoms with van der Waals surface area (Å²) in [6.07, 6.45) is 0. The molecule has 1 nitrogen and oxygen atoms in total. The first-order chi connectivity index (χ1) is 4.15. The van der Waals surface area contributed by atoms with Crippen LogP contribution in [0.1, 0.15) is 0 Å². The summed E-state index contributed by atoms with van der Waals surface area (Å²) in [5.41, 5.74) is 0. The van der Waals surface area contributed by atoms with Crippen molar-refractivity contribution >= 4 is 96.1 Å². The van der Waals surface area contributed by atoms with Crippen LogP contribution in [-0.2, 0) is 4.79 Å². The quantitative estimate of drug-likeness (QED) is 0.352. The third kappa shape index (κ3) is 4.47. The van der Waals surface area contributed by atoms with Gasteiger partial charge in [0.25, 0.3) is 0 Å². The summed E-state index contributed by atoms with van der Waals surface area (Å²) >= 11 is 5.83. The number of carbonyl (C=O) groups is 1. The molecule has 0 saturated carbocycles. The molecule has 0 aliphatic carbocycles. The number of Topliss-reactive ketones (excluding diaryl/α,β-unsaturated/α-hetero) is 1. The predicted molar refractivity (Wildman–Crippen MR) is 68.8 cm³/mol. The Kier molecular flexibility index (Phi) is 5.11. The Morgan fingerprint density at radius 2 is 1.40 bits per heavy atom. The highest BCUT2D eigenvalue weighted by Crippen LogP contribution is 2.43. The van der Waals surface area contributed by atoms with Crippen LogP contribution in [0.15, 0.2) is 0 Å². The molecule has 0 unspecified atom stereocenters. The molecule has 7 heteroatoms. The van der Waals surface area contributed by atoms with Gasteiger partial charge in [-0.2, -0.15) is 8.78 Å². The maximum Gasteiger partial charge on any atom is 0.356 e. The van der Waals surface area contributed by atoms with Gasteiger partial charge in [0, 0.05) is 22.6 Å². The molecule has 0 saturated heterocycles. The van der Waals surface area contributed by atoms with Crippen molar-refractivity contribution in [3.63, 3.8) is 0 Å². The Morgan fingerprint density at radius 3 is 1.40 bits per heavy atom. The van der Waals surface area contributed by atoms with Gasteiger partial charge < -0.3 is 0 Å². The molecule has 0 aromatic rings. The fraction of sp³-hybridized carbons (Fsp3) is 0.667. The summed E-state index contributed by atoms with van der Waals surface area (Å²) < 4.78 is 20.2. The first kappa shape index (κ1) is 12.4. The Labute approximate surface area is 111 Å². The van der Waals surface area contributed by atoms with Gasteiger partial charge in [0.15, 0.2) is -0.565 Å². The monoisotopic (exact) mass is 598 g/mol. The van der Waals surface area contributed by atoms with E-state index in [4.69, 9.17) is 0 Å². The molecule has 0 rings (SSSR count). The van der Waals surface area contributed by atoms with E-state index in [0.717, 1.165) is 22.6 Å². The SMILES string of the molecule is O=C(C(F)(F)I)C(I)(I)I. The van der Waals surface area contributed by atoms with Crippen LogP contribution in [0.4, 0.5) is 8.78 Å². The molecule has 10 heavy (non-hydrogen) atoms. The summed E-state index contributed by atoms with van der Waals surface area (Å²) in [5.74, 6) is -1.07. The molecule has 0 bridgehead atoms. The molecular formula is C3F2I4O. The Balaban J connectivity index is 4.40. The van der Waals surface area contributed by atoms with Crippen molar-refractivity contribution in [3.05, 3.63) is 0 Å². The van der Waals surface area contributed by atoms with E-state index >= 15 is 0 Å². The molecule has 0 atom stereocenters. The van der Waals surface area contributed by atoms with Crippen molar-refractivity contribution in [2.24, 2.45) is 0 Å². The number of rotatable bonds is 2. The molecule has 0 spiro atoms. The second-order valence-electron chi connectivity index (χ2n) is 1.32.